The Balaban J connectivity index is 3.24. The standard InChI is InChI=1S/C5H10N2/c1-5(2)4-7-6-3/h5H,1-3H3. The van der Waals surface area contributed by atoms with Gasteiger partial charge in [0.2, 0.25) is 0 Å². The molecule has 2 heteroatoms. The van der Waals surface area contributed by atoms with Crippen molar-refractivity contribution in [3.63, 3.8) is 0 Å². The monoisotopic (exact) mass is 98.1 g/mol. The first kappa shape index (κ1) is 6.29. The van der Waals surface area contributed by atoms with Crippen LogP contribution in [0.4, 0.5) is 0 Å². The van der Waals surface area contributed by atoms with E-state index in [1.54, 1.807) is 7.05 Å². The van der Waals surface area contributed by atoms with Gasteiger partial charge in [-0.1, -0.05) is 7.05 Å². The Labute approximate surface area is 44.3 Å². The minimum atomic E-state index is 0.392. The Kier molecular flexibility index (Phi) is 3.13. The van der Waals surface area contributed by atoms with Gasteiger partial charge in [-0.05, 0) is 13.8 Å². The number of nitrogens with zero attached hydrogens (tertiary/aromatic N) is 2. The van der Waals surface area contributed by atoms with Crippen LogP contribution in [0.25, 0.3) is 10.4 Å². The Morgan fingerprint density at radius 1 is 1.57 bits per heavy atom. The summed E-state index contributed by atoms with van der Waals surface area (Å²) in [6, 6.07) is 2.75. The third-order valence-corrected chi connectivity index (χ3v) is 0.416. The SMILES string of the molecule is C[N-][N+]#CC(C)C. The molecule has 0 aromatic heterocycles. The van der Waals surface area contributed by atoms with Crippen molar-refractivity contribution >= 4 is 0 Å². The average Bonchev–Trinajstić information content (AvgIpc) is 1.61. The molecule has 40 valence electrons. The van der Waals surface area contributed by atoms with E-state index in [1.165, 1.54) is 0 Å². The summed E-state index contributed by atoms with van der Waals surface area (Å²) in [6.07, 6.45) is 0. The number of rotatable bonds is 0. The molecule has 0 aromatic carbocycles. The van der Waals surface area contributed by atoms with E-state index in [4.69, 9.17) is 0 Å². The highest BCUT2D eigenvalue weighted by Crippen LogP contribution is 1.88. The molecule has 0 aliphatic heterocycles. The smallest absolute Gasteiger partial charge is 0.273 e. The first-order valence-corrected chi connectivity index (χ1v) is 2.31. The molecule has 2 nitrogen and oxygen atoms in total. The summed E-state index contributed by atoms with van der Waals surface area (Å²) in [6.45, 7) is 4.02. The van der Waals surface area contributed by atoms with E-state index in [9.17, 15) is 0 Å². The molecule has 0 aliphatic carbocycles. The van der Waals surface area contributed by atoms with Crippen molar-refractivity contribution in [1.29, 1.82) is 0 Å². The van der Waals surface area contributed by atoms with Gasteiger partial charge in [0, 0.05) is 0 Å². The van der Waals surface area contributed by atoms with Gasteiger partial charge in [-0.2, -0.15) is 0 Å². The van der Waals surface area contributed by atoms with Gasteiger partial charge in [0.1, 0.15) is 0 Å². The van der Waals surface area contributed by atoms with E-state index >= 15 is 0 Å². The lowest BCUT2D eigenvalue weighted by Crippen LogP contribution is -1.74. The van der Waals surface area contributed by atoms with Gasteiger partial charge in [-0.3, -0.25) is 0 Å². The van der Waals surface area contributed by atoms with Crippen LogP contribution in [-0.4, -0.2) is 7.05 Å². The highest BCUT2D eigenvalue weighted by atomic mass is 15.2. The summed E-state index contributed by atoms with van der Waals surface area (Å²) in [4.78, 5) is 3.55. The first-order valence-electron chi connectivity index (χ1n) is 2.31. The van der Waals surface area contributed by atoms with Crippen molar-refractivity contribution < 1.29 is 0 Å². The van der Waals surface area contributed by atoms with Crippen LogP contribution in [0.3, 0.4) is 0 Å². The Morgan fingerprint density at radius 2 is 2.14 bits per heavy atom. The summed E-state index contributed by atoms with van der Waals surface area (Å²) in [5.74, 6) is 0.392. The molecule has 0 amide bonds. The molecule has 7 heavy (non-hydrogen) atoms. The van der Waals surface area contributed by atoms with Crippen LogP contribution in [0.15, 0.2) is 0 Å². The van der Waals surface area contributed by atoms with Crippen LogP contribution >= 0.6 is 0 Å². The zero-order valence-corrected chi connectivity index (χ0v) is 4.97. The molecule has 0 unspecified atom stereocenters. The lowest BCUT2D eigenvalue weighted by molar-refractivity contribution is 0.864. The van der Waals surface area contributed by atoms with E-state index in [0.717, 1.165) is 0 Å². The van der Waals surface area contributed by atoms with E-state index in [1.807, 2.05) is 13.8 Å². The Morgan fingerprint density at radius 3 is 2.29 bits per heavy atom. The van der Waals surface area contributed by atoms with Crippen LogP contribution in [0, 0.1) is 12.0 Å². The largest absolute Gasteiger partial charge is 0.312 e. The van der Waals surface area contributed by atoms with Crippen LogP contribution in [0.2, 0.25) is 0 Å². The van der Waals surface area contributed by atoms with Crippen molar-refractivity contribution in [2.75, 3.05) is 7.05 Å². The van der Waals surface area contributed by atoms with Crippen molar-refractivity contribution in [3.05, 3.63) is 10.4 Å². The van der Waals surface area contributed by atoms with E-state index < -0.39 is 0 Å². The molecule has 0 saturated heterocycles. The molecule has 0 aliphatic rings. The van der Waals surface area contributed by atoms with Crippen molar-refractivity contribution in [3.8, 4) is 6.07 Å². The second kappa shape index (κ2) is 3.48. The van der Waals surface area contributed by atoms with Crippen molar-refractivity contribution in [2.24, 2.45) is 5.92 Å². The van der Waals surface area contributed by atoms with Gasteiger partial charge < -0.3 is 5.43 Å². The quantitative estimate of drug-likeness (QED) is 0.412. The van der Waals surface area contributed by atoms with Gasteiger partial charge >= 0.3 is 0 Å². The van der Waals surface area contributed by atoms with Crippen LogP contribution in [0.1, 0.15) is 13.8 Å². The minimum Gasteiger partial charge on any atom is -0.312 e. The first-order chi connectivity index (χ1) is 3.27. The van der Waals surface area contributed by atoms with Crippen LogP contribution in [0.5, 0.6) is 0 Å². The van der Waals surface area contributed by atoms with Gasteiger partial charge in [-0.25, -0.2) is 0 Å². The summed E-state index contributed by atoms with van der Waals surface area (Å²) in [5, 5.41) is 0. The highest BCUT2D eigenvalue weighted by Gasteiger charge is 1.87. The van der Waals surface area contributed by atoms with Gasteiger partial charge in [0.15, 0.2) is 0 Å². The molecule has 0 N–H and O–H groups in total. The van der Waals surface area contributed by atoms with E-state index in [-0.39, 0.29) is 0 Å². The zero-order valence-electron chi connectivity index (χ0n) is 4.97. The molecular weight excluding hydrogens is 88.1 g/mol. The maximum absolute atomic E-state index is 3.55. The zero-order chi connectivity index (χ0) is 5.70. The molecule has 0 spiro atoms. The Hall–Kier alpha value is -0.710. The molecule has 0 saturated carbocycles. The third-order valence-electron chi connectivity index (χ3n) is 0.416. The van der Waals surface area contributed by atoms with Crippen molar-refractivity contribution in [1.82, 2.24) is 0 Å². The fraction of sp³-hybridized carbons (Fsp3) is 0.800. The lowest BCUT2D eigenvalue weighted by atomic mass is 10.3. The molecule has 0 rings (SSSR count). The van der Waals surface area contributed by atoms with E-state index in [0.29, 0.717) is 5.92 Å². The highest BCUT2D eigenvalue weighted by molar-refractivity contribution is 4.95. The predicted octanol–water partition coefficient (Wildman–Crippen LogP) is 1.89. The van der Waals surface area contributed by atoms with Gasteiger partial charge in [0.25, 0.3) is 6.07 Å². The molecule has 0 bridgehead atoms. The second-order valence-corrected chi connectivity index (χ2v) is 1.58. The van der Waals surface area contributed by atoms with Gasteiger partial charge in [-0.15, -0.1) is 4.95 Å². The van der Waals surface area contributed by atoms with Gasteiger partial charge in [0.05, 0.1) is 5.92 Å². The third kappa shape index (κ3) is 5.29. The normalized spacial score (nSPS) is 7.43. The number of hydrogen-bond donors (Lipinski definition) is 0. The summed E-state index contributed by atoms with van der Waals surface area (Å²) < 4.78 is 0. The minimum absolute atomic E-state index is 0.392. The number of hydrogen-bond acceptors (Lipinski definition) is 0. The lowest BCUT2D eigenvalue weighted by Gasteiger charge is -1.77. The maximum atomic E-state index is 3.55. The summed E-state index contributed by atoms with van der Waals surface area (Å²) in [7, 11) is 1.63. The average molecular weight is 98.1 g/mol. The fourth-order valence-corrected chi connectivity index (χ4v) is 0.173. The maximum Gasteiger partial charge on any atom is 0.273 e. The molecule has 0 atom stereocenters. The van der Waals surface area contributed by atoms with Crippen LogP contribution in [-0.2, 0) is 0 Å². The molecular formula is C5H10N2. The summed E-state index contributed by atoms with van der Waals surface area (Å²) >= 11 is 0. The topological polar surface area (TPSA) is 18.5 Å². The molecule has 0 radical (unpaired) electrons. The molecule has 0 fully saturated rings. The van der Waals surface area contributed by atoms with E-state index in [2.05, 4.69) is 16.4 Å². The fourth-order valence-electron chi connectivity index (χ4n) is 0.173. The predicted molar refractivity (Wildman–Crippen MR) is 31.4 cm³/mol. The summed E-state index contributed by atoms with van der Waals surface area (Å²) in [5.41, 5.74) is 3.49. The van der Waals surface area contributed by atoms with Crippen LogP contribution < -0.4 is 0 Å². The molecule has 0 heterocycles. The van der Waals surface area contributed by atoms with Crippen molar-refractivity contribution in [2.45, 2.75) is 13.8 Å². The molecule has 0 aromatic rings. The Bertz CT molecular complexity index is 86.0. The second-order valence-electron chi connectivity index (χ2n) is 1.58.